The summed E-state index contributed by atoms with van der Waals surface area (Å²) in [6, 6.07) is 0. The zero-order chi connectivity index (χ0) is 9.14. The number of ether oxygens (including phenoxy) is 1. The molecule has 0 radical (unpaired) electrons. The van der Waals surface area contributed by atoms with Gasteiger partial charge in [-0.3, -0.25) is 0 Å². The number of methoxy groups -OCH3 is 1. The summed E-state index contributed by atoms with van der Waals surface area (Å²) < 4.78 is 5.65. The van der Waals surface area contributed by atoms with Gasteiger partial charge in [-0.1, -0.05) is 12.7 Å². The molecule has 0 amide bonds. The summed E-state index contributed by atoms with van der Waals surface area (Å²) >= 11 is 3.21. The van der Waals surface area contributed by atoms with Crippen molar-refractivity contribution in [1.29, 1.82) is 0 Å². The Balaban J connectivity index is 3.35. The topological polar surface area (TPSA) is 48.1 Å². The molecular weight excluding hydrogens is 220 g/mol. The minimum Gasteiger partial charge on any atom is -0.494 e. The molecule has 0 fully saturated rings. The Morgan fingerprint density at radius 2 is 2.42 bits per heavy atom. The van der Waals surface area contributed by atoms with E-state index in [0.29, 0.717) is 16.0 Å². The van der Waals surface area contributed by atoms with E-state index in [1.54, 1.807) is 19.4 Å². The first-order valence-electron chi connectivity index (χ1n) is 3.31. The van der Waals surface area contributed by atoms with Crippen LogP contribution in [0.15, 0.2) is 17.4 Å². The SMILES string of the molecule is C=Cc1c(OC)cnc(Br)c1N. The maximum Gasteiger partial charge on any atom is 0.146 e. The fraction of sp³-hybridized carbons (Fsp3) is 0.125. The van der Waals surface area contributed by atoms with E-state index in [0.717, 1.165) is 5.56 Å². The minimum absolute atomic E-state index is 0.546. The van der Waals surface area contributed by atoms with Gasteiger partial charge in [-0.15, -0.1) is 0 Å². The maximum absolute atomic E-state index is 5.71. The molecule has 2 N–H and O–H groups in total. The van der Waals surface area contributed by atoms with Crippen LogP contribution < -0.4 is 10.5 Å². The predicted molar refractivity (Wildman–Crippen MR) is 53.0 cm³/mol. The lowest BCUT2D eigenvalue weighted by Gasteiger charge is -2.07. The molecule has 1 aromatic heterocycles. The van der Waals surface area contributed by atoms with Gasteiger partial charge < -0.3 is 10.5 Å². The number of halogens is 1. The molecule has 4 heteroatoms. The zero-order valence-corrected chi connectivity index (χ0v) is 8.26. The van der Waals surface area contributed by atoms with Crippen LogP contribution in [-0.2, 0) is 0 Å². The second kappa shape index (κ2) is 3.58. The second-order valence-corrected chi connectivity index (χ2v) is 2.90. The summed E-state index contributed by atoms with van der Waals surface area (Å²) in [7, 11) is 1.57. The maximum atomic E-state index is 5.71. The van der Waals surface area contributed by atoms with Crippen molar-refractivity contribution in [3.8, 4) is 5.75 Å². The summed E-state index contributed by atoms with van der Waals surface area (Å²) in [5.41, 5.74) is 7.02. The summed E-state index contributed by atoms with van der Waals surface area (Å²) in [4.78, 5) is 3.98. The molecule has 64 valence electrons. The first-order chi connectivity index (χ1) is 5.70. The number of nitrogens with two attached hydrogens (primary N) is 1. The highest BCUT2D eigenvalue weighted by molar-refractivity contribution is 9.10. The number of pyridine rings is 1. The molecule has 1 rings (SSSR count). The third kappa shape index (κ3) is 1.43. The molecule has 0 bridgehead atoms. The first-order valence-corrected chi connectivity index (χ1v) is 4.10. The van der Waals surface area contributed by atoms with Crippen molar-refractivity contribution in [3.63, 3.8) is 0 Å². The van der Waals surface area contributed by atoms with E-state index < -0.39 is 0 Å². The third-order valence-corrected chi connectivity index (χ3v) is 2.13. The quantitative estimate of drug-likeness (QED) is 0.789. The number of nitrogen functional groups attached to an aromatic ring is 1. The molecule has 0 aliphatic rings. The molecule has 0 unspecified atom stereocenters. The monoisotopic (exact) mass is 228 g/mol. The molecule has 0 saturated carbocycles. The van der Waals surface area contributed by atoms with E-state index in [2.05, 4.69) is 27.5 Å². The standard InChI is InChI=1S/C8H9BrN2O/c1-3-5-6(12-2)4-11-8(9)7(5)10/h3-4H,1,10H2,2H3. The van der Waals surface area contributed by atoms with Crippen LogP contribution in [-0.4, -0.2) is 12.1 Å². The van der Waals surface area contributed by atoms with Crippen LogP contribution in [0.5, 0.6) is 5.75 Å². The average molecular weight is 229 g/mol. The Hall–Kier alpha value is -1.03. The van der Waals surface area contributed by atoms with Gasteiger partial charge >= 0.3 is 0 Å². The van der Waals surface area contributed by atoms with E-state index in [1.165, 1.54) is 0 Å². The van der Waals surface area contributed by atoms with Gasteiger partial charge in [0.15, 0.2) is 0 Å². The van der Waals surface area contributed by atoms with Gasteiger partial charge in [-0.05, 0) is 15.9 Å². The summed E-state index contributed by atoms with van der Waals surface area (Å²) in [6.45, 7) is 3.63. The van der Waals surface area contributed by atoms with Gasteiger partial charge in [-0.25, -0.2) is 4.98 Å². The summed E-state index contributed by atoms with van der Waals surface area (Å²) in [5, 5.41) is 0. The lowest BCUT2D eigenvalue weighted by molar-refractivity contribution is 0.412. The van der Waals surface area contributed by atoms with Crippen molar-refractivity contribution in [2.75, 3.05) is 12.8 Å². The van der Waals surface area contributed by atoms with E-state index in [4.69, 9.17) is 10.5 Å². The van der Waals surface area contributed by atoms with Crippen LogP contribution in [0.3, 0.4) is 0 Å². The van der Waals surface area contributed by atoms with E-state index in [-0.39, 0.29) is 0 Å². The summed E-state index contributed by atoms with van der Waals surface area (Å²) in [6.07, 6.45) is 3.23. The third-order valence-electron chi connectivity index (χ3n) is 1.50. The van der Waals surface area contributed by atoms with E-state index in [1.807, 2.05) is 0 Å². The van der Waals surface area contributed by atoms with Crippen molar-refractivity contribution in [3.05, 3.63) is 22.9 Å². The van der Waals surface area contributed by atoms with E-state index in [9.17, 15) is 0 Å². The fourth-order valence-corrected chi connectivity index (χ4v) is 1.19. The van der Waals surface area contributed by atoms with Crippen molar-refractivity contribution in [1.82, 2.24) is 4.98 Å². The predicted octanol–water partition coefficient (Wildman–Crippen LogP) is 2.08. The molecule has 0 spiro atoms. The van der Waals surface area contributed by atoms with Gasteiger partial charge in [0, 0.05) is 5.56 Å². The first kappa shape index (κ1) is 9.06. The second-order valence-electron chi connectivity index (χ2n) is 2.15. The average Bonchev–Trinajstić information content (AvgIpc) is 2.09. The van der Waals surface area contributed by atoms with Gasteiger partial charge in [0.05, 0.1) is 19.0 Å². The van der Waals surface area contributed by atoms with Crippen LogP contribution in [0.2, 0.25) is 0 Å². The minimum atomic E-state index is 0.546. The largest absolute Gasteiger partial charge is 0.494 e. The summed E-state index contributed by atoms with van der Waals surface area (Å²) in [5.74, 6) is 0.630. The van der Waals surface area contributed by atoms with Crippen LogP contribution >= 0.6 is 15.9 Å². The van der Waals surface area contributed by atoms with Gasteiger partial charge in [0.2, 0.25) is 0 Å². The number of rotatable bonds is 2. The lowest BCUT2D eigenvalue weighted by Crippen LogP contribution is -1.97. The van der Waals surface area contributed by atoms with Gasteiger partial charge in [-0.2, -0.15) is 0 Å². The van der Waals surface area contributed by atoms with Crippen LogP contribution in [0.4, 0.5) is 5.69 Å². The Kier molecular flexibility index (Phi) is 2.70. The van der Waals surface area contributed by atoms with Crippen molar-refractivity contribution >= 4 is 27.7 Å². The smallest absolute Gasteiger partial charge is 0.146 e. The molecule has 0 saturated heterocycles. The van der Waals surface area contributed by atoms with Gasteiger partial charge in [0.1, 0.15) is 10.4 Å². The Morgan fingerprint density at radius 3 is 2.92 bits per heavy atom. The molecule has 0 atom stereocenters. The highest BCUT2D eigenvalue weighted by Crippen LogP contribution is 2.29. The Labute approximate surface area is 79.4 Å². The van der Waals surface area contributed by atoms with Crippen LogP contribution in [0, 0.1) is 0 Å². The molecule has 3 nitrogen and oxygen atoms in total. The Morgan fingerprint density at radius 1 is 1.75 bits per heavy atom. The number of anilines is 1. The fourth-order valence-electron chi connectivity index (χ4n) is 0.871. The zero-order valence-electron chi connectivity index (χ0n) is 6.67. The molecule has 1 aromatic rings. The number of nitrogens with zero attached hydrogens (tertiary/aromatic N) is 1. The molecule has 0 aromatic carbocycles. The van der Waals surface area contributed by atoms with Gasteiger partial charge in [0.25, 0.3) is 0 Å². The Bertz CT molecular complexity index is 312. The number of aromatic nitrogens is 1. The number of hydrogen-bond donors (Lipinski definition) is 1. The van der Waals surface area contributed by atoms with Crippen molar-refractivity contribution in [2.24, 2.45) is 0 Å². The molecule has 0 aliphatic heterocycles. The lowest BCUT2D eigenvalue weighted by atomic mass is 10.2. The highest BCUT2D eigenvalue weighted by atomic mass is 79.9. The molecule has 0 aliphatic carbocycles. The van der Waals surface area contributed by atoms with Crippen molar-refractivity contribution in [2.45, 2.75) is 0 Å². The molecule has 1 heterocycles. The van der Waals surface area contributed by atoms with E-state index >= 15 is 0 Å². The molecular formula is C8H9BrN2O. The molecule has 12 heavy (non-hydrogen) atoms. The number of hydrogen-bond acceptors (Lipinski definition) is 3. The van der Waals surface area contributed by atoms with Crippen LogP contribution in [0.25, 0.3) is 6.08 Å². The van der Waals surface area contributed by atoms with Crippen molar-refractivity contribution < 1.29 is 4.74 Å². The van der Waals surface area contributed by atoms with Crippen LogP contribution in [0.1, 0.15) is 5.56 Å². The normalized spacial score (nSPS) is 9.50. The highest BCUT2D eigenvalue weighted by Gasteiger charge is 2.07.